The normalized spacial score (nSPS) is 10.7. The van der Waals surface area contributed by atoms with Crippen LogP contribution in [0, 0.1) is 5.92 Å². The Bertz CT molecular complexity index is 554. The first-order valence-electron chi connectivity index (χ1n) is 5.45. The summed E-state index contributed by atoms with van der Waals surface area (Å²) < 4.78 is 0. The molecule has 2 heterocycles. The molecule has 4 nitrogen and oxygen atoms in total. The van der Waals surface area contributed by atoms with Gasteiger partial charge in [0.15, 0.2) is 5.15 Å². The molecule has 1 amide bonds. The van der Waals surface area contributed by atoms with E-state index >= 15 is 0 Å². The van der Waals surface area contributed by atoms with E-state index in [0.29, 0.717) is 10.2 Å². The first kappa shape index (κ1) is 13.0. The van der Waals surface area contributed by atoms with Crippen molar-refractivity contribution in [1.29, 1.82) is 0 Å². The summed E-state index contributed by atoms with van der Waals surface area (Å²) in [6.07, 6.45) is 3.41. The van der Waals surface area contributed by atoms with Gasteiger partial charge >= 0.3 is 0 Å². The van der Waals surface area contributed by atoms with E-state index in [4.69, 9.17) is 11.6 Å². The number of nitrogens with one attached hydrogen (secondary N) is 1. The zero-order chi connectivity index (χ0) is 13.1. The maximum absolute atomic E-state index is 11.6. The van der Waals surface area contributed by atoms with Crippen molar-refractivity contribution in [3.05, 3.63) is 29.7 Å². The van der Waals surface area contributed by atoms with Crippen molar-refractivity contribution in [2.24, 2.45) is 5.92 Å². The lowest BCUT2D eigenvalue weighted by Crippen LogP contribution is -2.17. The molecule has 0 bridgehead atoms. The van der Waals surface area contributed by atoms with E-state index in [1.165, 1.54) is 11.3 Å². The van der Waals surface area contributed by atoms with Gasteiger partial charge in [0, 0.05) is 23.9 Å². The van der Waals surface area contributed by atoms with Crippen LogP contribution < -0.4 is 5.32 Å². The molecule has 18 heavy (non-hydrogen) atoms. The quantitative estimate of drug-likeness (QED) is 0.937. The molecule has 1 N–H and O–H groups in total. The minimum Gasteiger partial charge on any atom is -0.315 e. The fourth-order valence-electron chi connectivity index (χ4n) is 1.25. The molecule has 0 unspecified atom stereocenters. The molecule has 0 spiro atoms. The number of carbonyl (C=O) groups is 1. The third kappa shape index (κ3) is 2.86. The van der Waals surface area contributed by atoms with Crippen molar-refractivity contribution in [1.82, 2.24) is 9.97 Å². The smallest absolute Gasteiger partial charge is 0.227 e. The molecular weight excluding hydrogens is 270 g/mol. The summed E-state index contributed by atoms with van der Waals surface area (Å²) in [6.45, 7) is 3.65. The Labute approximate surface area is 114 Å². The van der Waals surface area contributed by atoms with Gasteiger partial charge in [-0.25, -0.2) is 4.98 Å². The minimum absolute atomic E-state index is 0.0710. The van der Waals surface area contributed by atoms with Crippen molar-refractivity contribution in [2.45, 2.75) is 13.8 Å². The first-order valence-corrected chi connectivity index (χ1v) is 6.65. The minimum atomic E-state index is -0.0926. The Morgan fingerprint density at radius 3 is 2.89 bits per heavy atom. The summed E-state index contributed by atoms with van der Waals surface area (Å²) in [5.41, 5.74) is 0.884. The van der Waals surface area contributed by atoms with Crippen LogP contribution in [-0.4, -0.2) is 15.9 Å². The molecule has 0 saturated heterocycles. The number of thiazole rings is 1. The monoisotopic (exact) mass is 281 g/mol. The zero-order valence-electron chi connectivity index (χ0n) is 9.98. The number of carbonyl (C=O) groups excluding carboxylic acids is 1. The molecule has 2 aromatic heterocycles. The lowest BCUT2D eigenvalue weighted by molar-refractivity contribution is -0.118. The maximum atomic E-state index is 11.6. The first-order chi connectivity index (χ1) is 8.58. The van der Waals surface area contributed by atoms with Gasteiger partial charge in [-0.3, -0.25) is 9.78 Å². The third-order valence-electron chi connectivity index (χ3n) is 2.26. The van der Waals surface area contributed by atoms with E-state index in [9.17, 15) is 4.79 Å². The highest BCUT2D eigenvalue weighted by molar-refractivity contribution is 7.19. The summed E-state index contributed by atoms with van der Waals surface area (Å²) in [5.74, 6) is -0.164. The summed E-state index contributed by atoms with van der Waals surface area (Å²) in [4.78, 5) is 19.9. The SMILES string of the molecule is CC(C)C(=O)Nc1sc(-c2cccnc2)nc1Cl. The van der Waals surface area contributed by atoms with Crippen LogP contribution in [0.25, 0.3) is 10.6 Å². The highest BCUT2D eigenvalue weighted by atomic mass is 35.5. The molecular formula is C12H12ClN3OS. The van der Waals surface area contributed by atoms with Crippen LogP contribution in [0.3, 0.4) is 0 Å². The summed E-state index contributed by atoms with van der Waals surface area (Å²) >= 11 is 7.35. The highest BCUT2D eigenvalue weighted by Gasteiger charge is 2.15. The van der Waals surface area contributed by atoms with Crippen LogP contribution in [0.15, 0.2) is 24.5 Å². The molecule has 2 rings (SSSR count). The van der Waals surface area contributed by atoms with Gasteiger partial charge in [-0.1, -0.05) is 36.8 Å². The highest BCUT2D eigenvalue weighted by Crippen LogP contribution is 2.34. The van der Waals surface area contributed by atoms with Crippen molar-refractivity contribution in [3.8, 4) is 10.6 Å². The maximum Gasteiger partial charge on any atom is 0.227 e. The topological polar surface area (TPSA) is 54.9 Å². The second kappa shape index (κ2) is 5.46. The van der Waals surface area contributed by atoms with Crippen molar-refractivity contribution in [2.75, 3.05) is 5.32 Å². The largest absolute Gasteiger partial charge is 0.315 e. The van der Waals surface area contributed by atoms with Crippen LogP contribution in [0.4, 0.5) is 5.00 Å². The fraction of sp³-hybridized carbons (Fsp3) is 0.250. The Balaban J connectivity index is 2.25. The Kier molecular flexibility index (Phi) is 3.93. The van der Waals surface area contributed by atoms with Gasteiger partial charge in [-0.15, -0.1) is 0 Å². The number of pyridine rings is 1. The van der Waals surface area contributed by atoms with Crippen LogP contribution in [-0.2, 0) is 4.79 Å². The van der Waals surface area contributed by atoms with Gasteiger partial charge in [-0.2, -0.15) is 0 Å². The average Bonchev–Trinajstić information content (AvgIpc) is 2.72. The molecule has 6 heteroatoms. The number of anilines is 1. The number of rotatable bonds is 3. The van der Waals surface area contributed by atoms with Gasteiger partial charge in [0.05, 0.1) is 0 Å². The number of hydrogen-bond acceptors (Lipinski definition) is 4. The van der Waals surface area contributed by atoms with Crippen molar-refractivity contribution < 1.29 is 4.79 Å². The standard InChI is InChI=1S/C12H12ClN3OS/c1-7(2)10(17)16-12-9(13)15-11(18-12)8-4-3-5-14-6-8/h3-7H,1-2H3,(H,16,17). The Hall–Kier alpha value is -1.46. The van der Waals surface area contributed by atoms with Crippen LogP contribution in [0.2, 0.25) is 5.15 Å². The molecule has 2 aromatic rings. The number of hydrogen-bond donors (Lipinski definition) is 1. The molecule has 0 aliphatic heterocycles. The van der Waals surface area contributed by atoms with E-state index in [2.05, 4.69) is 15.3 Å². The van der Waals surface area contributed by atoms with E-state index in [0.717, 1.165) is 10.6 Å². The number of amides is 1. The van der Waals surface area contributed by atoms with Crippen LogP contribution >= 0.6 is 22.9 Å². The summed E-state index contributed by atoms with van der Waals surface area (Å²) in [5, 5.41) is 4.40. The third-order valence-corrected chi connectivity index (χ3v) is 3.66. The van der Waals surface area contributed by atoms with Crippen molar-refractivity contribution in [3.63, 3.8) is 0 Å². The summed E-state index contributed by atoms with van der Waals surface area (Å²) in [7, 11) is 0. The zero-order valence-corrected chi connectivity index (χ0v) is 11.5. The predicted octanol–water partition coefficient (Wildman–Crippen LogP) is 3.45. The molecule has 0 radical (unpaired) electrons. The van der Waals surface area contributed by atoms with E-state index in [-0.39, 0.29) is 11.8 Å². The van der Waals surface area contributed by atoms with Gasteiger partial charge < -0.3 is 5.32 Å². The number of halogens is 1. The van der Waals surface area contributed by atoms with Gasteiger partial charge in [-0.05, 0) is 12.1 Å². The van der Waals surface area contributed by atoms with Gasteiger partial charge in [0.2, 0.25) is 5.91 Å². The summed E-state index contributed by atoms with van der Waals surface area (Å²) in [6, 6.07) is 3.73. The van der Waals surface area contributed by atoms with E-state index in [1.54, 1.807) is 12.4 Å². The fourth-order valence-corrected chi connectivity index (χ4v) is 2.40. The molecule has 0 aliphatic carbocycles. The lowest BCUT2D eigenvalue weighted by Gasteiger charge is -2.04. The number of nitrogens with zero attached hydrogens (tertiary/aromatic N) is 2. The molecule has 94 valence electrons. The Morgan fingerprint density at radius 2 is 2.28 bits per heavy atom. The number of aromatic nitrogens is 2. The van der Waals surface area contributed by atoms with Crippen LogP contribution in [0.1, 0.15) is 13.8 Å². The van der Waals surface area contributed by atoms with E-state index < -0.39 is 0 Å². The molecule has 0 aromatic carbocycles. The van der Waals surface area contributed by atoms with Gasteiger partial charge in [0.25, 0.3) is 0 Å². The van der Waals surface area contributed by atoms with Gasteiger partial charge in [0.1, 0.15) is 10.0 Å². The Morgan fingerprint density at radius 1 is 1.50 bits per heavy atom. The molecule has 0 fully saturated rings. The molecule has 0 saturated carbocycles. The average molecular weight is 282 g/mol. The predicted molar refractivity (Wildman–Crippen MR) is 73.8 cm³/mol. The molecule has 0 atom stereocenters. The molecule has 0 aliphatic rings. The van der Waals surface area contributed by atoms with E-state index in [1.807, 2.05) is 26.0 Å². The van der Waals surface area contributed by atoms with Crippen LogP contribution in [0.5, 0.6) is 0 Å². The second-order valence-electron chi connectivity index (χ2n) is 4.02. The van der Waals surface area contributed by atoms with Crippen molar-refractivity contribution >= 4 is 33.8 Å². The second-order valence-corrected chi connectivity index (χ2v) is 5.38. The lowest BCUT2D eigenvalue weighted by atomic mass is 10.2.